The first-order valence-corrected chi connectivity index (χ1v) is 8.02. The number of hydrogen-bond donors (Lipinski definition) is 3. The van der Waals surface area contributed by atoms with Gasteiger partial charge in [0.15, 0.2) is 0 Å². The Labute approximate surface area is 146 Å². The van der Waals surface area contributed by atoms with Gasteiger partial charge in [0.1, 0.15) is 28.8 Å². The lowest BCUT2D eigenvalue weighted by atomic mass is 10.1. The Balaban J connectivity index is 2.22. The van der Waals surface area contributed by atoms with Gasteiger partial charge in [0.25, 0.3) is 5.91 Å². The number of benzene rings is 1. The van der Waals surface area contributed by atoms with Crippen LogP contribution in [0.25, 0.3) is 0 Å². The number of urea groups is 1. The third-order valence-corrected chi connectivity index (χ3v) is 3.86. The van der Waals surface area contributed by atoms with Crippen LogP contribution in [0, 0.1) is 18.6 Å². The summed E-state index contributed by atoms with van der Waals surface area (Å²) in [4.78, 5) is 23.2. The van der Waals surface area contributed by atoms with Crippen LogP contribution in [0.4, 0.5) is 18.6 Å². The van der Waals surface area contributed by atoms with E-state index < -0.39 is 30.2 Å². The molecule has 0 aliphatic carbocycles. The minimum Gasteiger partial charge on any atom is -0.471 e. The quantitative estimate of drug-likeness (QED) is 0.726. The molecule has 4 N–H and O–H groups in total. The molecule has 0 aliphatic rings. The minimum atomic E-state index is -0.889. The van der Waals surface area contributed by atoms with Gasteiger partial charge in [-0.2, -0.15) is 4.37 Å². The number of nitrogens with two attached hydrogens (primary N) is 1. The normalized spacial score (nSPS) is 10.4. The Bertz CT molecular complexity index is 787. The molecule has 0 saturated heterocycles. The van der Waals surface area contributed by atoms with Gasteiger partial charge in [0.2, 0.25) is 5.88 Å². The van der Waals surface area contributed by atoms with Crippen LogP contribution in [-0.2, 0) is 6.61 Å². The summed E-state index contributed by atoms with van der Waals surface area (Å²) >= 11 is 0.769. The number of amides is 3. The van der Waals surface area contributed by atoms with Crippen molar-refractivity contribution in [3.05, 3.63) is 40.5 Å². The molecule has 1 aromatic carbocycles. The molecule has 1 heterocycles. The van der Waals surface area contributed by atoms with Crippen molar-refractivity contribution >= 4 is 28.5 Å². The molecule has 0 bridgehead atoms. The Morgan fingerprint density at radius 1 is 1.32 bits per heavy atom. The van der Waals surface area contributed by atoms with E-state index in [9.17, 15) is 18.4 Å². The van der Waals surface area contributed by atoms with E-state index in [4.69, 9.17) is 10.5 Å². The molecule has 7 nitrogen and oxygen atoms in total. The Hall–Kier alpha value is -2.75. The van der Waals surface area contributed by atoms with Crippen LogP contribution < -0.4 is 21.1 Å². The van der Waals surface area contributed by atoms with Crippen molar-refractivity contribution in [1.82, 2.24) is 9.69 Å². The number of anilines is 1. The standard InChI is InChI=1S/C15H16F2N4O3S/c1-3-19-15(23)20-14-11(12(18)22)13(21-25-14)24-6-8-9(16)4-7(2)5-10(8)17/h4-5H,3,6H2,1-2H3,(H2,18,22)(H2,19,20,23). The molecule has 2 rings (SSSR count). The topological polar surface area (TPSA) is 106 Å². The van der Waals surface area contributed by atoms with Crippen LogP contribution in [0.3, 0.4) is 0 Å². The lowest BCUT2D eigenvalue weighted by Crippen LogP contribution is -2.28. The molecule has 1 aromatic heterocycles. The SMILES string of the molecule is CCNC(=O)Nc1snc(OCc2c(F)cc(C)cc2F)c1C(N)=O. The summed E-state index contributed by atoms with van der Waals surface area (Å²) in [6, 6.07) is 1.79. The molecular weight excluding hydrogens is 354 g/mol. The highest BCUT2D eigenvalue weighted by Gasteiger charge is 2.22. The molecule has 0 spiro atoms. The van der Waals surface area contributed by atoms with Crippen molar-refractivity contribution in [2.75, 3.05) is 11.9 Å². The molecule has 0 aliphatic heterocycles. The van der Waals surface area contributed by atoms with Crippen molar-refractivity contribution in [3.8, 4) is 5.88 Å². The van der Waals surface area contributed by atoms with E-state index in [2.05, 4.69) is 15.0 Å². The smallest absolute Gasteiger partial charge is 0.319 e. The van der Waals surface area contributed by atoms with Gasteiger partial charge in [0.05, 0.1) is 5.56 Å². The first-order valence-electron chi connectivity index (χ1n) is 7.25. The molecule has 134 valence electrons. The van der Waals surface area contributed by atoms with E-state index in [1.54, 1.807) is 13.8 Å². The average Bonchev–Trinajstić information content (AvgIpc) is 2.89. The van der Waals surface area contributed by atoms with Crippen molar-refractivity contribution in [2.24, 2.45) is 5.73 Å². The largest absolute Gasteiger partial charge is 0.471 e. The van der Waals surface area contributed by atoms with Crippen molar-refractivity contribution < 1.29 is 23.1 Å². The molecule has 0 unspecified atom stereocenters. The van der Waals surface area contributed by atoms with Gasteiger partial charge in [-0.3, -0.25) is 10.1 Å². The first kappa shape index (κ1) is 18.6. The van der Waals surface area contributed by atoms with Gasteiger partial charge < -0.3 is 15.8 Å². The van der Waals surface area contributed by atoms with Crippen molar-refractivity contribution in [3.63, 3.8) is 0 Å². The van der Waals surface area contributed by atoms with E-state index in [1.165, 1.54) is 12.1 Å². The second-order valence-corrected chi connectivity index (χ2v) is 5.81. The number of hydrogen-bond acceptors (Lipinski definition) is 5. The van der Waals surface area contributed by atoms with E-state index in [1.807, 2.05) is 0 Å². The summed E-state index contributed by atoms with van der Waals surface area (Å²) < 4.78 is 36.8. The van der Waals surface area contributed by atoms with E-state index in [0.29, 0.717) is 12.1 Å². The fraction of sp³-hybridized carbons (Fsp3) is 0.267. The fourth-order valence-corrected chi connectivity index (χ4v) is 2.73. The van der Waals surface area contributed by atoms with Crippen LogP contribution in [0.1, 0.15) is 28.4 Å². The molecule has 0 fully saturated rings. The molecule has 2 aromatic rings. The highest BCUT2D eigenvalue weighted by molar-refractivity contribution is 7.11. The van der Waals surface area contributed by atoms with E-state index in [0.717, 1.165) is 11.5 Å². The van der Waals surface area contributed by atoms with E-state index >= 15 is 0 Å². The highest BCUT2D eigenvalue weighted by Crippen LogP contribution is 2.31. The lowest BCUT2D eigenvalue weighted by molar-refractivity contribution is 0.0996. The van der Waals surface area contributed by atoms with Crippen molar-refractivity contribution in [2.45, 2.75) is 20.5 Å². The maximum absolute atomic E-state index is 13.8. The van der Waals surface area contributed by atoms with Crippen LogP contribution >= 0.6 is 11.5 Å². The van der Waals surface area contributed by atoms with Crippen LogP contribution in [0.2, 0.25) is 0 Å². The summed E-state index contributed by atoms with van der Waals surface area (Å²) in [7, 11) is 0. The number of carbonyl (C=O) groups excluding carboxylic acids is 2. The van der Waals surface area contributed by atoms with Crippen molar-refractivity contribution in [1.29, 1.82) is 0 Å². The monoisotopic (exact) mass is 370 g/mol. The van der Waals surface area contributed by atoms with Gasteiger partial charge in [0, 0.05) is 6.54 Å². The Morgan fingerprint density at radius 2 is 1.96 bits per heavy atom. The Kier molecular flexibility index (Phi) is 5.86. The fourth-order valence-electron chi connectivity index (χ4n) is 1.99. The number of carbonyl (C=O) groups is 2. The molecule has 0 saturated carbocycles. The van der Waals surface area contributed by atoms with Gasteiger partial charge in [-0.15, -0.1) is 0 Å². The van der Waals surface area contributed by atoms with E-state index in [-0.39, 0.29) is 22.0 Å². The van der Waals surface area contributed by atoms with Gasteiger partial charge in [-0.1, -0.05) is 0 Å². The average molecular weight is 370 g/mol. The Morgan fingerprint density at radius 3 is 2.52 bits per heavy atom. The third-order valence-electron chi connectivity index (χ3n) is 3.11. The second-order valence-electron chi connectivity index (χ2n) is 5.04. The number of nitrogens with zero attached hydrogens (tertiary/aromatic N) is 1. The molecule has 10 heteroatoms. The van der Waals surface area contributed by atoms with Crippen LogP contribution in [0.5, 0.6) is 5.88 Å². The summed E-state index contributed by atoms with van der Waals surface area (Å²) in [6.45, 7) is 3.18. The highest BCUT2D eigenvalue weighted by atomic mass is 32.1. The maximum atomic E-state index is 13.8. The second kappa shape index (κ2) is 7.88. The van der Waals surface area contributed by atoms with Gasteiger partial charge in [-0.25, -0.2) is 13.6 Å². The molecule has 0 atom stereocenters. The molecular formula is C15H16F2N4O3S. The number of ether oxygens (including phenoxy) is 1. The number of aryl methyl sites for hydroxylation is 1. The molecule has 0 radical (unpaired) electrons. The van der Waals surface area contributed by atoms with Crippen LogP contribution in [0.15, 0.2) is 12.1 Å². The predicted molar refractivity (Wildman–Crippen MR) is 88.8 cm³/mol. The first-order chi connectivity index (χ1) is 11.8. The zero-order chi connectivity index (χ0) is 18.6. The lowest BCUT2D eigenvalue weighted by Gasteiger charge is -2.09. The summed E-state index contributed by atoms with van der Waals surface area (Å²) in [5.41, 5.74) is 5.25. The summed E-state index contributed by atoms with van der Waals surface area (Å²) in [5, 5.41) is 4.98. The van der Waals surface area contributed by atoms with Gasteiger partial charge in [-0.05, 0) is 43.1 Å². The number of nitrogens with one attached hydrogen (secondary N) is 2. The number of halogens is 2. The number of aromatic nitrogens is 1. The maximum Gasteiger partial charge on any atom is 0.319 e. The van der Waals surface area contributed by atoms with Crippen LogP contribution in [-0.4, -0.2) is 22.9 Å². The number of rotatable bonds is 6. The predicted octanol–water partition coefficient (Wildman–Crippen LogP) is 2.55. The molecule has 3 amide bonds. The number of primary amides is 1. The third kappa shape index (κ3) is 4.41. The zero-order valence-corrected chi connectivity index (χ0v) is 14.3. The zero-order valence-electron chi connectivity index (χ0n) is 13.5. The minimum absolute atomic E-state index is 0.0818. The molecule has 25 heavy (non-hydrogen) atoms. The summed E-state index contributed by atoms with van der Waals surface area (Å²) in [6.07, 6.45) is 0. The summed E-state index contributed by atoms with van der Waals surface area (Å²) in [5.74, 6) is -2.63. The van der Waals surface area contributed by atoms with Gasteiger partial charge >= 0.3 is 6.03 Å².